The lowest BCUT2D eigenvalue weighted by Gasteiger charge is -2.19. The first kappa shape index (κ1) is 14.0. The lowest BCUT2D eigenvalue weighted by Crippen LogP contribution is -2.28. The van der Waals surface area contributed by atoms with Crippen molar-refractivity contribution in [3.8, 4) is 0 Å². The Morgan fingerprint density at radius 3 is 2.68 bits per heavy atom. The van der Waals surface area contributed by atoms with E-state index in [-0.39, 0.29) is 13.2 Å². The van der Waals surface area contributed by atoms with Crippen molar-refractivity contribution >= 4 is 11.0 Å². The van der Waals surface area contributed by atoms with Gasteiger partial charge in [-0.2, -0.15) is 0 Å². The fraction of sp³-hybridized carbons (Fsp3) is 0.500. The van der Waals surface area contributed by atoms with Crippen LogP contribution in [0, 0.1) is 0 Å². The Bertz CT molecular complexity index is 524. The first-order chi connectivity index (χ1) is 9.30. The van der Waals surface area contributed by atoms with Crippen LogP contribution in [-0.2, 0) is 13.1 Å². The molecule has 5 nitrogen and oxygen atoms in total. The summed E-state index contributed by atoms with van der Waals surface area (Å²) in [5.41, 5.74) is 2.00. The Hall–Kier alpha value is -1.43. The third-order valence-corrected chi connectivity index (χ3v) is 3.29. The average Bonchev–Trinajstić information content (AvgIpc) is 2.77. The highest BCUT2D eigenvalue weighted by molar-refractivity contribution is 5.75. The molecule has 104 valence electrons. The van der Waals surface area contributed by atoms with Crippen molar-refractivity contribution in [2.24, 2.45) is 0 Å². The van der Waals surface area contributed by atoms with Crippen LogP contribution in [0.1, 0.15) is 12.7 Å². The van der Waals surface area contributed by atoms with Gasteiger partial charge in [0, 0.05) is 13.1 Å². The van der Waals surface area contributed by atoms with Crippen LogP contribution < -0.4 is 0 Å². The molecule has 1 heterocycles. The van der Waals surface area contributed by atoms with Crippen LogP contribution in [0.4, 0.5) is 0 Å². The maximum absolute atomic E-state index is 9.21. The molecule has 0 unspecified atom stereocenters. The number of aromatic nitrogens is 2. The minimum atomic E-state index is 0.0967. The van der Waals surface area contributed by atoms with Gasteiger partial charge in [-0.15, -0.1) is 0 Å². The van der Waals surface area contributed by atoms with Crippen molar-refractivity contribution in [2.45, 2.75) is 20.0 Å². The molecule has 1 aromatic carbocycles. The van der Waals surface area contributed by atoms with E-state index in [1.807, 2.05) is 24.3 Å². The summed E-state index contributed by atoms with van der Waals surface area (Å²) in [4.78, 5) is 6.76. The van der Waals surface area contributed by atoms with Crippen LogP contribution in [-0.4, -0.2) is 51.0 Å². The van der Waals surface area contributed by atoms with Gasteiger partial charge >= 0.3 is 0 Å². The van der Waals surface area contributed by atoms with Crippen molar-refractivity contribution in [1.82, 2.24) is 14.5 Å². The van der Waals surface area contributed by atoms with Gasteiger partial charge in [-0.1, -0.05) is 19.1 Å². The third-order valence-electron chi connectivity index (χ3n) is 3.29. The standard InChI is InChI=1S/C14H21N3O2/c1-2-16(7-9-18)11-14-15-12-5-3-4-6-13(12)17(14)8-10-19/h3-6,18-19H,2,7-11H2,1H3. The largest absolute Gasteiger partial charge is 0.395 e. The van der Waals surface area contributed by atoms with Crippen molar-refractivity contribution in [2.75, 3.05) is 26.3 Å². The minimum Gasteiger partial charge on any atom is -0.395 e. The molecule has 0 aliphatic carbocycles. The van der Waals surface area contributed by atoms with Gasteiger partial charge in [0.15, 0.2) is 0 Å². The number of aliphatic hydroxyl groups is 2. The van der Waals surface area contributed by atoms with E-state index >= 15 is 0 Å². The van der Waals surface area contributed by atoms with E-state index < -0.39 is 0 Å². The Kier molecular flexibility index (Phi) is 4.90. The van der Waals surface area contributed by atoms with Crippen molar-refractivity contribution in [1.29, 1.82) is 0 Å². The number of para-hydroxylation sites is 2. The summed E-state index contributed by atoms with van der Waals surface area (Å²) in [6.45, 7) is 5.04. The first-order valence-corrected chi connectivity index (χ1v) is 6.68. The average molecular weight is 263 g/mol. The molecule has 1 aromatic heterocycles. The topological polar surface area (TPSA) is 61.5 Å². The van der Waals surface area contributed by atoms with Gasteiger partial charge in [-0.05, 0) is 18.7 Å². The molecule has 19 heavy (non-hydrogen) atoms. The number of nitrogens with zero attached hydrogens (tertiary/aromatic N) is 3. The fourth-order valence-electron chi connectivity index (χ4n) is 2.29. The second-order valence-corrected chi connectivity index (χ2v) is 4.48. The lowest BCUT2D eigenvalue weighted by atomic mass is 10.3. The van der Waals surface area contributed by atoms with Gasteiger partial charge in [0.25, 0.3) is 0 Å². The predicted octanol–water partition coefficient (Wildman–Crippen LogP) is 0.843. The summed E-state index contributed by atoms with van der Waals surface area (Å²) in [5, 5.41) is 18.3. The maximum Gasteiger partial charge on any atom is 0.124 e. The molecule has 0 radical (unpaired) electrons. The molecular weight excluding hydrogens is 242 g/mol. The maximum atomic E-state index is 9.21. The molecule has 5 heteroatoms. The number of likely N-dealkylation sites (N-methyl/N-ethyl adjacent to an activating group) is 1. The van der Waals surface area contributed by atoms with Crippen LogP contribution in [0.5, 0.6) is 0 Å². The van der Waals surface area contributed by atoms with E-state index in [2.05, 4.69) is 21.4 Å². The SMILES string of the molecule is CCN(CCO)Cc1nc2ccccc2n1CCO. The monoisotopic (exact) mass is 263 g/mol. The van der Waals surface area contributed by atoms with Crippen molar-refractivity contribution < 1.29 is 10.2 Å². The molecule has 0 saturated heterocycles. The van der Waals surface area contributed by atoms with Gasteiger partial charge in [0.2, 0.25) is 0 Å². The van der Waals surface area contributed by atoms with E-state index in [1.54, 1.807) is 0 Å². The Morgan fingerprint density at radius 2 is 2.00 bits per heavy atom. The summed E-state index contributed by atoms with van der Waals surface area (Å²) in [6, 6.07) is 7.94. The number of rotatable bonds is 7. The van der Waals surface area contributed by atoms with E-state index in [0.717, 1.165) is 23.4 Å². The van der Waals surface area contributed by atoms with Crippen LogP contribution >= 0.6 is 0 Å². The summed E-state index contributed by atoms with van der Waals surface area (Å²) >= 11 is 0. The zero-order chi connectivity index (χ0) is 13.7. The number of benzene rings is 1. The Labute approximate surface area is 113 Å². The number of hydrogen-bond acceptors (Lipinski definition) is 4. The Balaban J connectivity index is 2.32. The molecule has 0 spiro atoms. The second kappa shape index (κ2) is 6.65. The van der Waals surface area contributed by atoms with Crippen molar-refractivity contribution in [3.05, 3.63) is 30.1 Å². The lowest BCUT2D eigenvalue weighted by molar-refractivity contribution is 0.191. The number of aliphatic hydroxyl groups excluding tert-OH is 2. The van der Waals surface area contributed by atoms with E-state index in [1.165, 1.54) is 0 Å². The smallest absolute Gasteiger partial charge is 0.124 e. The molecule has 2 N–H and O–H groups in total. The fourth-order valence-corrected chi connectivity index (χ4v) is 2.29. The molecular formula is C14H21N3O2. The van der Waals surface area contributed by atoms with Crippen LogP contribution in [0.15, 0.2) is 24.3 Å². The number of imidazole rings is 1. The number of fused-ring (bicyclic) bond motifs is 1. The second-order valence-electron chi connectivity index (χ2n) is 4.48. The Morgan fingerprint density at radius 1 is 1.21 bits per heavy atom. The van der Waals surface area contributed by atoms with Gasteiger partial charge in [0.1, 0.15) is 5.82 Å². The zero-order valence-corrected chi connectivity index (χ0v) is 11.3. The summed E-state index contributed by atoms with van der Waals surface area (Å²) in [6.07, 6.45) is 0. The van der Waals surface area contributed by atoms with Gasteiger partial charge in [0.05, 0.1) is 30.8 Å². The quantitative estimate of drug-likeness (QED) is 0.777. The highest BCUT2D eigenvalue weighted by atomic mass is 16.3. The van der Waals surface area contributed by atoms with Gasteiger partial charge in [-0.25, -0.2) is 4.98 Å². The molecule has 0 amide bonds. The molecule has 0 fully saturated rings. The molecule has 0 aliphatic rings. The normalized spacial score (nSPS) is 11.6. The third kappa shape index (κ3) is 3.12. The minimum absolute atomic E-state index is 0.0967. The van der Waals surface area contributed by atoms with Crippen LogP contribution in [0.3, 0.4) is 0 Å². The van der Waals surface area contributed by atoms with Crippen LogP contribution in [0.25, 0.3) is 11.0 Å². The molecule has 0 atom stereocenters. The molecule has 0 aliphatic heterocycles. The van der Waals surface area contributed by atoms with E-state index in [4.69, 9.17) is 5.11 Å². The van der Waals surface area contributed by atoms with E-state index in [9.17, 15) is 5.11 Å². The van der Waals surface area contributed by atoms with Crippen molar-refractivity contribution in [3.63, 3.8) is 0 Å². The summed E-state index contributed by atoms with van der Waals surface area (Å²) in [7, 11) is 0. The highest BCUT2D eigenvalue weighted by Crippen LogP contribution is 2.17. The zero-order valence-electron chi connectivity index (χ0n) is 11.3. The molecule has 0 bridgehead atoms. The van der Waals surface area contributed by atoms with Crippen LogP contribution in [0.2, 0.25) is 0 Å². The molecule has 0 saturated carbocycles. The predicted molar refractivity (Wildman–Crippen MR) is 74.9 cm³/mol. The summed E-state index contributed by atoms with van der Waals surface area (Å²) in [5.74, 6) is 0.936. The highest BCUT2D eigenvalue weighted by Gasteiger charge is 2.12. The molecule has 2 rings (SSSR count). The van der Waals surface area contributed by atoms with Gasteiger partial charge < -0.3 is 14.8 Å². The van der Waals surface area contributed by atoms with E-state index in [0.29, 0.717) is 19.6 Å². The molecule has 2 aromatic rings. The summed E-state index contributed by atoms with van der Waals surface area (Å²) < 4.78 is 2.05. The first-order valence-electron chi connectivity index (χ1n) is 6.68. The number of hydrogen-bond donors (Lipinski definition) is 2. The van der Waals surface area contributed by atoms with Gasteiger partial charge in [-0.3, -0.25) is 4.90 Å².